The van der Waals surface area contributed by atoms with Gasteiger partial charge in [0.15, 0.2) is 16.6 Å². The van der Waals surface area contributed by atoms with Gasteiger partial charge in [0.05, 0.1) is 0 Å². The quantitative estimate of drug-likeness (QED) is 0.676. The molecule has 0 radical (unpaired) electrons. The van der Waals surface area contributed by atoms with Crippen LogP contribution in [0.3, 0.4) is 0 Å². The number of amides is 1. The fraction of sp³-hybridized carbons (Fsp3) is 0.400. The average Bonchev–Trinajstić information content (AvgIpc) is 2.72. The number of hydrogen-bond donors (Lipinski definition) is 3. The first-order chi connectivity index (χ1) is 8.36. The van der Waals surface area contributed by atoms with Crippen LogP contribution >= 0.6 is 11.3 Å². The Labute approximate surface area is 107 Å². The summed E-state index contributed by atoms with van der Waals surface area (Å²) in [4.78, 5) is 37.3. The number of carbonyl (C=O) groups excluding carboxylic acids is 2. The Bertz CT molecular complexity index is 466. The van der Waals surface area contributed by atoms with Crippen LogP contribution in [-0.2, 0) is 4.79 Å². The van der Waals surface area contributed by atoms with Gasteiger partial charge in [-0.25, -0.2) is 9.78 Å². The highest BCUT2D eigenvalue weighted by atomic mass is 32.1. The van der Waals surface area contributed by atoms with E-state index in [0.29, 0.717) is 0 Å². The van der Waals surface area contributed by atoms with Crippen molar-refractivity contribution in [1.29, 1.82) is 0 Å². The number of ketones is 1. The van der Waals surface area contributed by atoms with Crippen molar-refractivity contribution in [3.8, 4) is 0 Å². The maximum absolute atomic E-state index is 11.3. The predicted octanol–water partition coefficient (Wildman–Crippen LogP) is 0.590. The molecule has 8 heteroatoms. The van der Waals surface area contributed by atoms with E-state index in [-0.39, 0.29) is 27.4 Å². The summed E-state index contributed by atoms with van der Waals surface area (Å²) in [6.07, 6.45) is 0. The Morgan fingerprint density at radius 1 is 1.39 bits per heavy atom. The summed E-state index contributed by atoms with van der Waals surface area (Å²) in [7, 11) is 1.49. The van der Waals surface area contributed by atoms with Crippen molar-refractivity contribution in [2.75, 3.05) is 12.4 Å². The fourth-order valence-corrected chi connectivity index (χ4v) is 2.17. The van der Waals surface area contributed by atoms with Crippen LogP contribution in [0.2, 0.25) is 0 Å². The van der Waals surface area contributed by atoms with Crippen LogP contribution in [0.5, 0.6) is 0 Å². The smallest absolute Gasteiger partial charge is 0.356 e. The number of carboxylic acid groups (broad SMARTS) is 1. The Morgan fingerprint density at radius 3 is 2.39 bits per heavy atom. The van der Waals surface area contributed by atoms with Crippen molar-refractivity contribution in [2.45, 2.75) is 19.9 Å². The molecule has 0 bridgehead atoms. The van der Waals surface area contributed by atoms with Crippen LogP contribution in [0.4, 0.5) is 5.13 Å². The largest absolute Gasteiger partial charge is 0.476 e. The number of anilines is 1. The van der Waals surface area contributed by atoms with Crippen molar-refractivity contribution >= 4 is 34.1 Å². The molecule has 1 amide bonds. The normalized spacial score (nSPS) is 11.7. The average molecular weight is 271 g/mol. The first kappa shape index (κ1) is 14.1. The molecule has 0 saturated carbocycles. The lowest BCUT2D eigenvalue weighted by molar-refractivity contribution is -0.121. The number of Topliss-reactive ketones (excluding diaryl/α,β-unsaturated/α-hetero) is 1. The second-order valence-corrected chi connectivity index (χ2v) is 4.54. The number of nitrogens with one attached hydrogen (secondary N) is 2. The second-order valence-electron chi connectivity index (χ2n) is 3.54. The van der Waals surface area contributed by atoms with Crippen LogP contribution < -0.4 is 10.6 Å². The van der Waals surface area contributed by atoms with E-state index in [1.54, 1.807) is 6.92 Å². The van der Waals surface area contributed by atoms with Gasteiger partial charge < -0.3 is 15.7 Å². The molecule has 1 rings (SSSR count). The summed E-state index contributed by atoms with van der Waals surface area (Å²) in [5.74, 6) is -1.89. The van der Waals surface area contributed by atoms with Crippen LogP contribution in [0, 0.1) is 0 Å². The molecule has 18 heavy (non-hydrogen) atoms. The SMILES string of the molecule is CNC(=O)C(C)Nc1nc(C(=O)O)c(C(C)=O)s1. The third kappa shape index (κ3) is 3.04. The van der Waals surface area contributed by atoms with Crippen molar-refractivity contribution in [2.24, 2.45) is 0 Å². The minimum absolute atomic E-state index is 0.0640. The number of likely N-dealkylation sites (N-methyl/N-ethyl adjacent to an activating group) is 1. The lowest BCUT2D eigenvalue weighted by Crippen LogP contribution is -2.35. The number of rotatable bonds is 5. The summed E-state index contributed by atoms with van der Waals surface area (Å²) in [5, 5.41) is 14.3. The molecule has 3 N–H and O–H groups in total. The lowest BCUT2D eigenvalue weighted by Gasteiger charge is -2.10. The Balaban J connectivity index is 2.98. The zero-order chi connectivity index (χ0) is 13.9. The van der Waals surface area contributed by atoms with Gasteiger partial charge in [-0.15, -0.1) is 0 Å². The first-order valence-electron chi connectivity index (χ1n) is 5.10. The number of carbonyl (C=O) groups is 3. The third-order valence-corrected chi connectivity index (χ3v) is 3.22. The number of aromatic nitrogens is 1. The molecule has 0 aliphatic carbocycles. The van der Waals surface area contributed by atoms with E-state index < -0.39 is 12.0 Å². The molecule has 1 aromatic heterocycles. The summed E-state index contributed by atoms with van der Waals surface area (Å²) in [6, 6.07) is -0.567. The molecule has 1 aromatic rings. The standard InChI is InChI=1S/C10H13N3O4S/c1-4(8(15)11-3)12-10-13-6(9(16)17)7(18-10)5(2)14/h4H,1-3H3,(H,11,15)(H,12,13)(H,16,17). The Hall–Kier alpha value is -1.96. The van der Waals surface area contributed by atoms with Gasteiger partial charge >= 0.3 is 5.97 Å². The summed E-state index contributed by atoms with van der Waals surface area (Å²) < 4.78 is 0. The van der Waals surface area contributed by atoms with Gasteiger partial charge in [-0.3, -0.25) is 9.59 Å². The van der Waals surface area contributed by atoms with Gasteiger partial charge in [-0.2, -0.15) is 0 Å². The summed E-state index contributed by atoms with van der Waals surface area (Å²) >= 11 is 0.920. The minimum Gasteiger partial charge on any atom is -0.476 e. The van der Waals surface area contributed by atoms with Gasteiger partial charge in [-0.1, -0.05) is 11.3 Å². The van der Waals surface area contributed by atoms with E-state index in [4.69, 9.17) is 5.11 Å². The Kier molecular flexibility index (Phi) is 4.38. The molecule has 0 aromatic carbocycles. The van der Waals surface area contributed by atoms with Crippen molar-refractivity contribution in [3.63, 3.8) is 0 Å². The molecule has 0 aliphatic heterocycles. The highest BCUT2D eigenvalue weighted by molar-refractivity contribution is 7.17. The zero-order valence-electron chi connectivity index (χ0n) is 10.1. The monoisotopic (exact) mass is 271 g/mol. The van der Waals surface area contributed by atoms with Crippen molar-refractivity contribution in [3.05, 3.63) is 10.6 Å². The molecule has 1 atom stereocenters. The number of carboxylic acids is 1. The van der Waals surface area contributed by atoms with Crippen molar-refractivity contribution < 1.29 is 19.5 Å². The van der Waals surface area contributed by atoms with Gasteiger partial charge in [0.25, 0.3) is 0 Å². The molecule has 0 saturated heterocycles. The molecule has 98 valence electrons. The van der Waals surface area contributed by atoms with E-state index in [9.17, 15) is 14.4 Å². The molecular weight excluding hydrogens is 258 g/mol. The van der Waals surface area contributed by atoms with E-state index >= 15 is 0 Å². The maximum atomic E-state index is 11.3. The minimum atomic E-state index is -1.27. The highest BCUT2D eigenvalue weighted by Crippen LogP contribution is 2.24. The third-order valence-electron chi connectivity index (χ3n) is 2.13. The molecular formula is C10H13N3O4S. The topological polar surface area (TPSA) is 108 Å². The van der Waals surface area contributed by atoms with Crippen LogP contribution in [-0.4, -0.2) is 40.8 Å². The molecule has 7 nitrogen and oxygen atoms in total. The number of aromatic carboxylic acids is 1. The number of nitrogens with zero attached hydrogens (tertiary/aromatic N) is 1. The predicted molar refractivity (Wildman–Crippen MR) is 66.2 cm³/mol. The second kappa shape index (κ2) is 5.58. The van der Waals surface area contributed by atoms with Crippen molar-refractivity contribution in [1.82, 2.24) is 10.3 Å². The highest BCUT2D eigenvalue weighted by Gasteiger charge is 2.22. The van der Waals surface area contributed by atoms with E-state index in [1.807, 2.05) is 0 Å². The number of hydrogen-bond acceptors (Lipinski definition) is 6. The molecule has 0 aliphatic rings. The summed E-state index contributed by atoms with van der Waals surface area (Å²) in [5.41, 5.74) is -0.292. The number of thiazole rings is 1. The van der Waals surface area contributed by atoms with Crippen LogP contribution in [0.25, 0.3) is 0 Å². The molecule has 0 spiro atoms. The summed E-state index contributed by atoms with van der Waals surface area (Å²) in [6.45, 7) is 2.88. The van der Waals surface area contributed by atoms with Gasteiger partial charge in [-0.05, 0) is 6.92 Å². The maximum Gasteiger partial charge on any atom is 0.356 e. The van der Waals surface area contributed by atoms with Crippen LogP contribution in [0.15, 0.2) is 0 Å². The molecule has 0 fully saturated rings. The zero-order valence-corrected chi connectivity index (χ0v) is 10.9. The molecule has 1 unspecified atom stereocenters. The van der Waals surface area contributed by atoms with E-state index in [2.05, 4.69) is 15.6 Å². The molecule has 1 heterocycles. The first-order valence-corrected chi connectivity index (χ1v) is 5.91. The lowest BCUT2D eigenvalue weighted by atomic mass is 10.3. The van der Waals surface area contributed by atoms with E-state index in [1.165, 1.54) is 14.0 Å². The fourth-order valence-electron chi connectivity index (χ4n) is 1.23. The van der Waals surface area contributed by atoms with Crippen LogP contribution in [0.1, 0.15) is 34.0 Å². The Morgan fingerprint density at radius 2 is 2.00 bits per heavy atom. The van der Waals surface area contributed by atoms with Gasteiger partial charge in [0.1, 0.15) is 10.9 Å². The van der Waals surface area contributed by atoms with Gasteiger partial charge in [0.2, 0.25) is 5.91 Å². The van der Waals surface area contributed by atoms with E-state index in [0.717, 1.165) is 11.3 Å². The van der Waals surface area contributed by atoms with Gasteiger partial charge in [0, 0.05) is 14.0 Å².